The van der Waals surface area contributed by atoms with Crippen molar-refractivity contribution in [3.63, 3.8) is 0 Å². The number of benzene rings is 1. The molecule has 2 unspecified atom stereocenters. The van der Waals surface area contributed by atoms with Crippen molar-refractivity contribution in [2.45, 2.75) is 12.5 Å². The maximum absolute atomic E-state index is 12.4. The summed E-state index contributed by atoms with van der Waals surface area (Å²) in [7, 11) is -2.54. The molecule has 1 aromatic carbocycles. The molecule has 1 aromatic rings. The molecule has 0 radical (unpaired) electrons. The van der Waals surface area contributed by atoms with Crippen molar-refractivity contribution in [3.8, 4) is 0 Å². The van der Waals surface area contributed by atoms with Crippen LogP contribution < -0.4 is 5.09 Å². The molecule has 2 nitrogen and oxygen atoms in total. The third-order valence-electron chi connectivity index (χ3n) is 1.79. The average molecular weight is 233 g/mol. The molecule has 14 heavy (non-hydrogen) atoms. The second-order valence-electron chi connectivity index (χ2n) is 2.79. The van der Waals surface area contributed by atoms with Gasteiger partial charge in [-0.2, -0.15) is 0 Å². The fraction of sp³-hybridized carbons (Fsp3) is 0.222. The van der Waals surface area contributed by atoms with Gasteiger partial charge < -0.3 is 0 Å². The number of rotatable bonds is 5. The van der Waals surface area contributed by atoms with E-state index in [9.17, 15) is 8.99 Å². The second kappa shape index (κ2) is 6.12. The molecule has 1 rings (SSSR count). The Hall–Kier alpha value is -0.440. The van der Waals surface area contributed by atoms with Gasteiger partial charge >= 0.3 is 0 Å². The molecule has 0 saturated carbocycles. The van der Waals surface area contributed by atoms with Crippen LogP contribution in [0.15, 0.2) is 30.3 Å². The van der Waals surface area contributed by atoms with E-state index >= 15 is 0 Å². The lowest BCUT2D eigenvalue weighted by Gasteiger charge is -2.11. The van der Waals surface area contributed by atoms with Crippen LogP contribution in [0.3, 0.4) is 0 Å². The summed E-state index contributed by atoms with van der Waals surface area (Å²) in [6.45, 7) is 0. The van der Waals surface area contributed by atoms with Crippen LogP contribution in [-0.4, -0.2) is 12.4 Å². The molecule has 0 aliphatic rings. The van der Waals surface area contributed by atoms with Gasteiger partial charge in [-0.25, -0.2) is 4.20 Å². The molecule has 5 heteroatoms. The normalized spacial score (nSPS) is 15.7. The van der Waals surface area contributed by atoms with Crippen LogP contribution in [0.5, 0.6) is 0 Å². The minimum absolute atomic E-state index is 0.352. The molecule has 0 fully saturated rings. The van der Waals surface area contributed by atoms with E-state index < -0.39 is 20.1 Å². The zero-order chi connectivity index (χ0) is 11.3. The first kappa shape index (κ1) is 10.1. The highest BCUT2D eigenvalue weighted by molar-refractivity contribution is 7.96. The van der Waals surface area contributed by atoms with Gasteiger partial charge in [-0.15, -0.1) is 12.6 Å². The van der Waals surface area contributed by atoms with Crippen LogP contribution in [0.2, 0.25) is 0 Å². The van der Waals surface area contributed by atoms with Crippen molar-refractivity contribution in [1.29, 1.82) is 1.28 Å². The summed E-state index contributed by atoms with van der Waals surface area (Å²) in [4.78, 5) is 11.0. The molecule has 0 bridgehead atoms. The van der Waals surface area contributed by atoms with Gasteiger partial charge in [-0.3, -0.25) is 9.88 Å². The number of halogens is 1. The van der Waals surface area contributed by atoms with Crippen molar-refractivity contribution in [2.75, 3.05) is 0 Å². The Bertz CT molecular complexity index is 325. The summed E-state index contributed by atoms with van der Waals surface area (Å²) in [6.07, 6.45) is 0.352. The Morgan fingerprint density at radius 1 is 1.64 bits per heavy atom. The van der Waals surface area contributed by atoms with Crippen molar-refractivity contribution in [2.24, 2.45) is 0 Å². The molecule has 1 N–H and O–H groups in total. The highest BCUT2D eigenvalue weighted by Crippen LogP contribution is 2.11. The van der Waals surface area contributed by atoms with E-state index in [-0.39, 0.29) is 0 Å². The van der Waals surface area contributed by atoms with E-state index in [0.717, 1.165) is 5.56 Å². The largest absolute Gasteiger partial charge is 0.286 e. The molecule has 0 saturated heterocycles. The average Bonchev–Trinajstić information content (AvgIpc) is 2.17. The van der Waals surface area contributed by atoms with E-state index in [1.165, 1.54) is 0 Å². The fourth-order valence-corrected chi connectivity index (χ4v) is 1.68. The standard InChI is InChI=1S/C9H11FNOPS/c10-13-11-8(9(12)14)6-7-4-2-1-3-5-7/h1-5,8,11,13H,6H2,(H,12,14)/i13T. The van der Waals surface area contributed by atoms with E-state index in [1.54, 1.807) is 0 Å². The van der Waals surface area contributed by atoms with Crippen molar-refractivity contribution < 1.29 is 8.99 Å². The number of hydrogen-bond donors (Lipinski definition) is 2. The summed E-state index contributed by atoms with van der Waals surface area (Å²) in [5.41, 5.74) is 0.911. The first-order chi connectivity index (χ1) is 7.09. The number of thiol groups is 1. The summed E-state index contributed by atoms with van der Waals surface area (Å²) < 4.78 is 19.2. The molecule has 0 amide bonds. The number of carbonyl (C=O) groups is 1. The lowest BCUT2D eigenvalue weighted by molar-refractivity contribution is -0.112. The van der Waals surface area contributed by atoms with E-state index in [4.69, 9.17) is 1.28 Å². The molecule has 0 aromatic heterocycles. The van der Waals surface area contributed by atoms with Crippen LogP contribution in [0, 0.1) is 0 Å². The smallest absolute Gasteiger partial charge is 0.203 e. The van der Waals surface area contributed by atoms with Crippen LogP contribution >= 0.6 is 21.6 Å². The summed E-state index contributed by atoms with van der Waals surface area (Å²) >= 11 is 3.66. The first-order valence-electron chi connectivity index (χ1n) is 4.52. The van der Waals surface area contributed by atoms with Gasteiger partial charge in [0, 0.05) is 0 Å². The van der Waals surface area contributed by atoms with Gasteiger partial charge in [0.25, 0.3) is 0 Å². The Morgan fingerprint density at radius 2 is 2.29 bits per heavy atom. The first-order valence-corrected chi connectivity index (χ1v) is 5.30. The molecule has 0 heterocycles. The van der Waals surface area contributed by atoms with Crippen LogP contribution in [0.4, 0.5) is 4.20 Å². The highest BCUT2D eigenvalue weighted by Gasteiger charge is 2.14. The molecule has 0 aliphatic carbocycles. The van der Waals surface area contributed by atoms with Gasteiger partial charge in [0.1, 0.15) is 10.3 Å². The molecule has 0 spiro atoms. The molecular formula is C9H11FNOPS. The SMILES string of the molecule is [3H]P(F)NC(Cc1ccccc1)C(=O)S. The summed E-state index contributed by atoms with van der Waals surface area (Å²) in [5, 5.41) is 1.82. The second-order valence-corrected chi connectivity index (χ2v) is 3.66. The predicted octanol–water partition coefficient (Wildman–Crippen LogP) is 2.12. The van der Waals surface area contributed by atoms with Gasteiger partial charge in [-0.05, 0) is 12.0 Å². The van der Waals surface area contributed by atoms with Gasteiger partial charge in [-0.1, -0.05) is 30.3 Å². The zero-order valence-corrected chi connectivity index (χ0v) is 9.14. The molecular weight excluding hydrogens is 220 g/mol. The topological polar surface area (TPSA) is 29.1 Å². The monoisotopic (exact) mass is 233 g/mol. The maximum Gasteiger partial charge on any atom is 0.203 e. The molecule has 0 aliphatic heterocycles. The van der Waals surface area contributed by atoms with Crippen molar-refractivity contribution >= 4 is 26.7 Å². The highest BCUT2D eigenvalue weighted by atomic mass is 32.1. The Morgan fingerprint density at radius 3 is 2.79 bits per heavy atom. The lowest BCUT2D eigenvalue weighted by atomic mass is 10.1. The van der Waals surface area contributed by atoms with Gasteiger partial charge in [0.2, 0.25) is 5.12 Å². The summed E-state index contributed by atoms with van der Waals surface area (Å²) in [6, 6.07) is 8.50. The fourth-order valence-electron chi connectivity index (χ4n) is 1.10. The van der Waals surface area contributed by atoms with Gasteiger partial charge in [0.05, 0.1) is 6.04 Å². The Labute approximate surface area is 90.9 Å². The number of carbonyl (C=O) groups excluding carboxylic acids is 1. The molecule has 2 atom stereocenters. The van der Waals surface area contributed by atoms with Crippen LogP contribution in [-0.2, 0) is 11.2 Å². The maximum atomic E-state index is 12.4. The zero-order valence-electron chi connectivity index (χ0n) is 8.35. The third-order valence-corrected chi connectivity index (χ3v) is 2.51. The van der Waals surface area contributed by atoms with Crippen molar-refractivity contribution in [1.82, 2.24) is 5.09 Å². The Balaban J connectivity index is 2.63. The number of nitrogens with one attached hydrogen (secondary N) is 1. The lowest BCUT2D eigenvalue weighted by Crippen LogP contribution is -2.30. The third kappa shape index (κ3) is 3.74. The van der Waals surface area contributed by atoms with E-state index in [2.05, 4.69) is 17.7 Å². The predicted molar refractivity (Wildman–Crippen MR) is 60.5 cm³/mol. The van der Waals surface area contributed by atoms with E-state index in [0.29, 0.717) is 6.42 Å². The van der Waals surface area contributed by atoms with Crippen LogP contribution in [0.25, 0.3) is 0 Å². The van der Waals surface area contributed by atoms with Crippen molar-refractivity contribution in [3.05, 3.63) is 35.9 Å². The Kier molecular flexibility index (Phi) is 4.41. The minimum Gasteiger partial charge on any atom is -0.286 e. The minimum atomic E-state index is -2.54. The molecule has 76 valence electrons. The van der Waals surface area contributed by atoms with E-state index in [1.807, 2.05) is 30.3 Å². The number of hydrogen-bond acceptors (Lipinski definition) is 2. The summed E-state index contributed by atoms with van der Waals surface area (Å²) in [5.74, 6) is 0. The van der Waals surface area contributed by atoms with Gasteiger partial charge in [0.15, 0.2) is 0 Å². The van der Waals surface area contributed by atoms with Crippen LogP contribution in [0.1, 0.15) is 5.56 Å². The quantitative estimate of drug-likeness (QED) is 0.602.